The van der Waals surface area contributed by atoms with Crippen LogP contribution in [0.1, 0.15) is 35.2 Å². The van der Waals surface area contributed by atoms with Gasteiger partial charge in [0.2, 0.25) is 5.82 Å². The summed E-state index contributed by atoms with van der Waals surface area (Å²) in [5, 5.41) is 4.20. The molecular formula is C12H11N3O. The Hall–Kier alpha value is -1.97. The molecule has 1 aromatic heterocycles. The van der Waals surface area contributed by atoms with Crippen LogP contribution >= 0.6 is 0 Å². The van der Waals surface area contributed by atoms with Gasteiger partial charge in [-0.25, -0.2) is 9.67 Å². The normalized spacial score (nSPS) is 15.0. The van der Waals surface area contributed by atoms with Crippen molar-refractivity contribution < 1.29 is 4.79 Å². The van der Waals surface area contributed by atoms with Crippen LogP contribution in [0.2, 0.25) is 0 Å². The number of aldehydes is 1. The van der Waals surface area contributed by atoms with Crippen molar-refractivity contribution in [2.75, 3.05) is 0 Å². The number of para-hydroxylation sites is 1. The van der Waals surface area contributed by atoms with Crippen molar-refractivity contribution >= 4 is 6.29 Å². The lowest BCUT2D eigenvalue weighted by Crippen LogP contribution is -2.01. The first-order valence-corrected chi connectivity index (χ1v) is 5.36. The van der Waals surface area contributed by atoms with Gasteiger partial charge < -0.3 is 0 Å². The van der Waals surface area contributed by atoms with Crippen LogP contribution in [0.3, 0.4) is 0 Å². The molecule has 3 rings (SSSR count). The molecule has 1 heterocycles. The van der Waals surface area contributed by atoms with Crippen molar-refractivity contribution in [3.05, 3.63) is 42.0 Å². The highest BCUT2D eigenvalue weighted by molar-refractivity contribution is 5.68. The Morgan fingerprint density at radius 1 is 1.25 bits per heavy atom. The SMILES string of the molecule is O=Cc1nc(C2CC2)n(-c2ccccc2)n1. The maximum atomic E-state index is 10.7. The molecule has 2 aromatic rings. The van der Waals surface area contributed by atoms with Gasteiger partial charge in [0.25, 0.3) is 0 Å². The number of carbonyl (C=O) groups excluding carboxylic acids is 1. The largest absolute Gasteiger partial charge is 0.294 e. The number of aromatic nitrogens is 3. The zero-order valence-corrected chi connectivity index (χ0v) is 8.71. The summed E-state index contributed by atoms with van der Waals surface area (Å²) in [5.41, 5.74) is 0.963. The van der Waals surface area contributed by atoms with Gasteiger partial charge >= 0.3 is 0 Å². The van der Waals surface area contributed by atoms with Gasteiger partial charge in [0.1, 0.15) is 5.82 Å². The van der Waals surface area contributed by atoms with E-state index in [1.54, 1.807) is 4.68 Å². The molecule has 0 bridgehead atoms. The van der Waals surface area contributed by atoms with E-state index in [2.05, 4.69) is 10.1 Å². The first-order valence-electron chi connectivity index (χ1n) is 5.36. The monoisotopic (exact) mass is 213 g/mol. The van der Waals surface area contributed by atoms with E-state index < -0.39 is 0 Å². The molecule has 4 heteroatoms. The van der Waals surface area contributed by atoms with Crippen molar-refractivity contribution in [3.8, 4) is 5.69 Å². The maximum absolute atomic E-state index is 10.7. The fourth-order valence-corrected chi connectivity index (χ4v) is 1.76. The van der Waals surface area contributed by atoms with E-state index in [1.165, 1.54) is 0 Å². The molecule has 0 spiro atoms. The molecule has 1 saturated carbocycles. The van der Waals surface area contributed by atoms with Crippen molar-refractivity contribution in [1.29, 1.82) is 0 Å². The van der Waals surface area contributed by atoms with Crippen LogP contribution in [0, 0.1) is 0 Å². The molecule has 80 valence electrons. The molecule has 1 fully saturated rings. The predicted molar refractivity (Wildman–Crippen MR) is 58.7 cm³/mol. The minimum absolute atomic E-state index is 0.269. The second-order valence-electron chi connectivity index (χ2n) is 3.97. The zero-order chi connectivity index (χ0) is 11.0. The molecule has 1 aromatic carbocycles. The Kier molecular flexibility index (Phi) is 2.06. The molecule has 0 unspecified atom stereocenters. The van der Waals surface area contributed by atoms with E-state index in [1.807, 2.05) is 30.3 Å². The molecule has 1 aliphatic carbocycles. The predicted octanol–water partition coefficient (Wildman–Crippen LogP) is 1.96. The van der Waals surface area contributed by atoms with E-state index in [0.29, 0.717) is 12.2 Å². The van der Waals surface area contributed by atoms with Gasteiger partial charge in [-0.05, 0) is 25.0 Å². The maximum Gasteiger partial charge on any atom is 0.214 e. The summed E-state index contributed by atoms with van der Waals surface area (Å²) in [7, 11) is 0. The highest BCUT2D eigenvalue weighted by atomic mass is 16.1. The van der Waals surface area contributed by atoms with Crippen molar-refractivity contribution in [2.24, 2.45) is 0 Å². The van der Waals surface area contributed by atoms with Crippen LogP contribution in [-0.2, 0) is 0 Å². The first-order chi connectivity index (χ1) is 7.88. The average molecular weight is 213 g/mol. The number of nitrogens with zero attached hydrogens (tertiary/aromatic N) is 3. The molecule has 16 heavy (non-hydrogen) atoms. The summed E-state index contributed by atoms with van der Waals surface area (Å²) >= 11 is 0. The molecule has 0 atom stereocenters. The molecule has 0 amide bonds. The fourth-order valence-electron chi connectivity index (χ4n) is 1.76. The third-order valence-corrected chi connectivity index (χ3v) is 2.70. The fraction of sp³-hybridized carbons (Fsp3) is 0.250. The van der Waals surface area contributed by atoms with E-state index in [9.17, 15) is 4.79 Å². The third kappa shape index (κ3) is 1.52. The molecular weight excluding hydrogens is 202 g/mol. The summed E-state index contributed by atoms with van der Waals surface area (Å²) < 4.78 is 1.78. The van der Waals surface area contributed by atoms with Gasteiger partial charge in [0, 0.05) is 5.92 Å². The number of hydrogen-bond acceptors (Lipinski definition) is 3. The summed E-state index contributed by atoms with van der Waals surface area (Å²) in [6.07, 6.45) is 2.99. The molecule has 0 radical (unpaired) electrons. The third-order valence-electron chi connectivity index (χ3n) is 2.70. The Bertz CT molecular complexity index is 514. The second-order valence-corrected chi connectivity index (χ2v) is 3.97. The lowest BCUT2D eigenvalue weighted by molar-refractivity contribution is 0.111. The summed E-state index contributed by atoms with van der Waals surface area (Å²) in [4.78, 5) is 15.0. The quantitative estimate of drug-likeness (QED) is 0.732. The van der Waals surface area contributed by atoms with E-state index >= 15 is 0 Å². The van der Waals surface area contributed by atoms with E-state index in [4.69, 9.17) is 0 Å². The van der Waals surface area contributed by atoms with Crippen LogP contribution in [0.5, 0.6) is 0 Å². The number of rotatable bonds is 3. The van der Waals surface area contributed by atoms with E-state index in [0.717, 1.165) is 24.4 Å². The van der Waals surface area contributed by atoms with Crippen molar-refractivity contribution in [2.45, 2.75) is 18.8 Å². The molecule has 1 aliphatic rings. The smallest absolute Gasteiger partial charge is 0.214 e. The standard InChI is InChI=1S/C12H11N3O/c16-8-11-13-12(9-6-7-9)15(14-11)10-4-2-1-3-5-10/h1-5,8-9H,6-7H2. The molecule has 4 nitrogen and oxygen atoms in total. The van der Waals surface area contributed by atoms with Gasteiger partial charge in [-0.15, -0.1) is 5.10 Å². The van der Waals surface area contributed by atoms with Gasteiger partial charge in [-0.1, -0.05) is 18.2 Å². The molecule has 0 aliphatic heterocycles. The Morgan fingerprint density at radius 3 is 2.62 bits per heavy atom. The highest BCUT2D eigenvalue weighted by Crippen LogP contribution is 2.39. The van der Waals surface area contributed by atoms with Crippen LogP contribution in [0.4, 0.5) is 0 Å². The molecule has 0 saturated heterocycles. The van der Waals surface area contributed by atoms with Gasteiger partial charge in [-0.3, -0.25) is 4.79 Å². The number of hydrogen-bond donors (Lipinski definition) is 0. The topological polar surface area (TPSA) is 47.8 Å². The van der Waals surface area contributed by atoms with Crippen LogP contribution in [-0.4, -0.2) is 21.1 Å². The second kappa shape index (κ2) is 3.56. The number of carbonyl (C=O) groups is 1. The van der Waals surface area contributed by atoms with Gasteiger partial charge in [0.15, 0.2) is 6.29 Å². The minimum Gasteiger partial charge on any atom is -0.294 e. The Balaban J connectivity index is 2.11. The Morgan fingerprint density at radius 2 is 2.00 bits per heavy atom. The first kappa shape index (κ1) is 9.27. The zero-order valence-electron chi connectivity index (χ0n) is 8.71. The van der Waals surface area contributed by atoms with Crippen molar-refractivity contribution in [3.63, 3.8) is 0 Å². The Labute approximate surface area is 92.9 Å². The van der Waals surface area contributed by atoms with Gasteiger partial charge in [-0.2, -0.15) is 0 Å². The summed E-state index contributed by atoms with van der Waals surface area (Å²) in [6, 6.07) is 9.80. The van der Waals surface area contributed by atoms with E-state index in [-0.39, 0.29) is 5.82 Å². The van der Waals surface area contributed by atoms with Gasteiger partial charge in [0.05, 0.1) is 5.69 Å². The van der Waals surface area contributed by atoms with Crippen LogP contribution in [0.25, 0.3) is 5.69 Å². The number of benzene rings is 1. The highest BCUT2D eigenvalue weighted by Gasteiger charge is 2.30. The summed E-state index contributed by atoms with van der Waals surface area (Å²) in [5.74, 6) is 1.65. The molecule has 0 N–H and O–H groups in total. The summed E-state index contributed by atoms with van der Waals surface area (Å²) in [6.45, 7) is 0. The lowest BCUT2D eigenvalue weighted by Gasteiger charge is -2.03. The van der Waals surface area contributed by atoms with Crippen LogP contribution < -0.4 is 0 Å². The van der Waals surface area contributed by atoms with Crippen molar-refractivity contribution in [1.82, 2.24) is 14.8 Å². The van der Waals surface area contributed by atoms with Crippen LogP contribution in [0.15, 0.2) is 30.3 Å². The lowest BCUT2D eigenvalue weighted by atomic mass is 10.3. The average Bonchev–Trinajstić information content (AvgIpc) is 3.10. The minimum atomic E-state index is 0.269.